The van der Waals surface area contributed by atoms with Crippen molar-refractivity contribution in [2.24, 2.45) is 11.0 Å². The number of rotatable bonds is 14. The van der Waals surface area contributed by atoms with Crippen molar-refractivity contribution in [1.29, 1.82) is 0 Å². The topological polar surface area (TPSA) is 97.3 Å². The van der Waals surface area contributed by atoms with Crippen LogP contribution in [0.25, 0.3) is 0 Å². The SMILES string of the molecule is CCCCC[C@H]1C/C(=N\NS(=O)(=O)c2ccc(C)cc2)C[C@]2(CCC[C@@H](OCOC)[C@@H]2CCCC)N1C(=O)c1ccccc1. The molecule has 0 unspecified atom stereocenters. The average molecular weight is 626 g/mol. The van der Waals surface area contributed by atoms with Gasteiger partial charge in [0.15, 0.2) is 0 Å². The van der Waals surface area contributed by atoms with Gasteiger partial charge in [0.25, 0.3) is 15.9 Å². The highest BCUT2D eigenvalue weighted by atomic mass is 32.2. The van der Waals surface area contributed by atoms with Crippen molar-refractivity contribution in [3.05, 3.63) is 65.7 Å². The Bertz CT molecular complexity index is 1330. The molecule has 0 radical (unpaired) electrons. The van der Waals surface area contributed by atoms with Crippen molar-refractivity contribution >= 4 is 21.6 Å². The van der Waals surface area contributed by atoms with Gasteiger partial charge in [-0.1, -0.05) is 81.8 Å². The Labute approximate surface area is 264 Å². The number of benzene rings is 2. The predicted molar refractivity (Wildman–Crippen MR) is 175 cm³/mol. The molecule has 1 spiro atoms. The third-order valence-electron chi connectivity index (χ3n) is 9.37. The average Bonchev–Trinajstić information content (AvgIpc) is 3.03. The highest BCUT2D eigenvalue weighted by Gasteiger charge is 2.55. The van der Waals surface area contributed by atoms with E-state index in [-0.39, 0.29) is 35.7 Å². The van der Waals surface area contributed by atoms with Crippen LogP contribution < -0.4 is 4.83 Å². The number of nitrogens with one attached hydrogen (secondary N) is 1. The molecule has 1 heterocycles. The van der Waals surface area contributed by atoms with Gasteiger partial charge in [-0.3, -0.25) is 4.79 Å². The van der Waals surface area contributed by atoms with Crippen LogP contribution in [0, 0.1) is 12.8 Å². The molecule has 4 rings (SSSR count). The Balaban J connectivity index is 1.80. The van der Waals surface area contributed by atoms with Crippen molar-refractivity contribution in [3.63, 3.8) is 0 Å². The van der Waals surface area contributed by atoms with Gasteiger partial charge in [-0.15, -0.1) is 0 Å². The van der Waals surface area contributed by atoms with Crippen LogP contribution in [0.5, 0.6) is 0 Å². The smallest absolute Gasteiger partial charge is 0.276 e. The quantitative estimate of drug-likeness (QED) is 0.136. The molecule has 0 aromatic heterocycles. The summed E-state index contributed by atoms with van der Waals surface area (Å²) < 4.78 is 38.2. The minimum absolute atomic E-state index is 0.0419. The molecule has 1 N–H and O–H groups in total. The number of carbonyl (C=O) groups excluding carboxylic acids is 1. The number of aryl methyl sites for hydroxylation is 1. The number of hydrogen-bond donors (Lipinski definition) is 1. The van der Waals surface area contributed by atoms with Crippen LogP contribution in [0.15, 0.2) is 64.6 Å². The van der Waals surface area contributed by atoms with Gasteiger partial charge in [0.05, 0.1) is 16.5 Å². The molecule has 4 atom stereocenters. The Morgan fingerprint density at radius 2 is 1.75 bits per heavy atom. The summed E-state index contributed by atoms with van der Waals surface area (Å²) in [5.74, 6) is 0.104. The van der Waals surface area contributed by atoms with E-state index in [4.69, 9.17) is 9.47 Å². The highest BCUT2D eigenvalue weighted by molar-refractivity contribution is 7.89. The molecule has 1 saturated carbocycles. The minimum Gasteiger partial charge on any atom is -0.359 e. The van der Waals surface area contributed by atoms with Crippen molar-refractivity contribution in [3.8, 4) is 0 Å². The summed E-state index contributed by atoms with van der Waals surface area (Å²) >= 11 is 0. The molecule has 1 aliphatic heterocycles. The number of methoxy groups -OCH3 is 1. The zero-order chi connectivity index (χ0) is 31.6. The maximum Gasteiger partial charge on any atom is 0.276 e. The molecule has 2 fully saturated rings. The summed E-state index contributed by atoms with van der Waals surface area (Å²) in [6.45, 7) is 6.50. The number of sulfonamides is 1. The van der Waals surface area contributed by atoms with E-state index in [0.29, 0.717) is 18.4 Å². The van der Waals surface area contributed by atoms with Crippen LogP contribution in [0.2, 0.25) is 0 Å². The van der Waals surface area contributed by atoms with Gasteiger partial charge in [0, 0.05) is 43.2 Å². The maximum absolute atomic E-state index is 14.6. The van der Waals surface area contributed by atoms with Crippen molar-refractivity contribution in [2.45, 2.75) is 120 Å². The van der Waals surface area contributed by atoms with Gasteiger partial charge in [0.2, 0.25) is 0 Å². The van der Waals surface area contributed by atoms with Crippen molar-refractivity contribution in [2.75, 3.05) is 13.9 Å². The molecule has 8 nitrogen and oxygen atoms in total. The first-order valence-corrected chi connectivity index (χ1v) is 17.9. The van der Waals surface area contributed by atoms with Gasteiger partial charge in [-0.05, 0) is 63.3 Å². The Hall–Kier alpha value is -2.75. The predicted octanol–water partition coefficient (Wildman–Crippen LogP) is 7.23. The standard InChI is InChI=1S/C35H51N3O5S/c1-5-7-10-16-30-24-29(36-37-44(40,41)31-21-19-27(3)20-22-31)25-35(38(30)34(39)28-14-11-9-12-15-28)23-13-18-33(43-26-42-4)32(35)17-8-6-2/h9,11-12,14-15,19-22,30,32-33,37H,5-8,10,13,16-18,23-26H2,1-4H3/b36-29+/t30-,32-,33+,35-/m0/s1. The summed E-state index contributed by atoms with van der Waals surface area (Å²) in [6, 6.07) is 16.3. The second kappa shape index (κ2) is 16.0. The van der Waals surface area contributed by atoms with E-state index in [2.05, 4.69) is 28.7 Å². The maximum atomic E-state index is 14.6. The lowest BCUT2D eigenvalue weighted by Crippen LogP contribution is -2.67. The number of hydrazone groups is 1. The third kappa shape index (κ3) is 8.09. The Morgan fingerprint density at radius 3 is 2.43 bits per heavy atom. The van der Waals surface area contributed by atoms with Gasteiger partial charge in [0.1, 0.15) is 6.79 Å². The third-order valence-corrected chi connectivity index (χ3v) is 10.6. The molecule has 0 bridgehead atoms. The fourth-order valence-corrected chi connectivity index (χ4v) is 8.11. The molecule has 2 aromatic rings. The van der Waals surface area contributed by atoms with Gasteiger partial charge >= 0.3 is 0 Å². The molecule has 1 saturated heterocycles. The number of hydrogen-bond acceptors (Lipinski definition) is 6. The number of unbranched alkanes of at least 4 members (excludes halogenated alkanes) is 3. The molecule has 2 aromatic carbocycles. The van der Waals surface area contributed by atoms with Crippen LogP contribution in [-0.2, 0) is 19.5 Å². The second-order valence-corrected chi connectivity index (χ2v) is 14.2. The molecule has 2 aliphatic rings. The van der Waals surface area contributed by atoms with Crippen LogP contribution in [0.4, 0.5) is 0 Å². The summed E-state index contributed by atoms with van der Waals surface area (Å²) in [5, 5.41) is 4.63. The number of nitrogens with zero attached hydrogens (tertiary/aromatic N) is 2. The molecular weight excluding hydrogens is 574 g/mol. The Kier molecular flexibility index (Phi) is 12.4. The Morgan fingerprint density at radius 1 is 1.02 bits per heavy atom. The van der Waals surface area contributed by atoms with Crippen LogP contribution >= 0.6 is 0 Å². The number of likely N-dealkylation sites (tertiary alicyclic amines) is 1. The van der Waals surface area contributed by atoms with E-state index < -0.39 is 15.6 Å². The fraction of sp³-hybridized carbons (Fsp3) is 0.600. The number of amides is 1. The van der Waals surface area contributed by atoms with Crippen molar-refractivity contribution < 1.29 is 22.7 Å². The largest absolute Gasteiger partial charge is 0.359 e. The minimum atomic E-state index is -3.84. The lowest BCUT2D eigenvalue weighted by atomic mass is 9.62. The highest BCUT2D eigenvalue weighted by Crippen LogP contribution is 2.50. The first-order valence-electron chi connectivity index (χ1n) is 16.4. The molecule has 242 valence electrons. The van der Waals surface area contributed by atoms with E-state index in [9.17, 15) is 13.2 Å². The molecular formula is C35H51N3O5S. The second-order valence-electron chi connectivity index (χ2n) is 12.5. The van der Waals surface area contributed by atoms with E-state index in [1.165, 1.54) is 0 Å². The van der Waals surface area contributed by atoms with Gasteiger partial charge < -0.3 is 14.4 Å². The zero-order valence-electron chi connectivity index (χ0n) is 27.0. The number of carbonyl (C=O) groups is 1. The van der Waals surface area contributed by atoms with Crippen molar-refractivity contribution in [1.82, 2.24) is 9.73 Å². The number of ether oxygens (including phenoxy) is 2. The van der Waals surface area contributed by atoms with Gasteiger partial charge in [-0.2, -0.15) is 13.5 Å². The molecule has 1 aliphatic carbocycles. The first-order chi connectivity index (χ1) is 21.3. The summed E-state index contributed by atoms with van der Waals surface area (Å²) in [6.07, 6.45) is 10.5. The van der Waals surface area contributed by atoms with E-state index >= 15 is 0 Å². The summed E-state index contributed by atoms with van der Waals surface area (Å²) in [7, 11) is -2.20. The lowest BCUT2D eigenvalue weighted by molar-refractivity contribution is -0.143. The van der Waals surface area contributed by atoms with E-state index in [0.717, 1.165) is 75.5 Å². The summed E-state index contributed by atoms with van der Waals surface area (Å²) in [5.41, 5.74) is 1.92. The first kappa shape index (κ1) is 34.1. The number of piperidine rings is 1. The van der Waals surface area contributed by atoms with Crippen LogP contribution in [0.1, 0.15) is 107 Å². The van der Waals surface area contributed by atoms with Crippen LogP contribution in [0.3, 0.4) is 0 Å². The summed E-state index contributed by atoms with van der Waals surface area (Å²) in [4.78, 5) is 19.5. The molecule has 9 heteroatoms. The van der Waals surface area contributed by atoms with E-state index in [1.807, 2.05) is 37.3 Å². The lowest BCUT2D eigenvalue weighted by Gasteiger charge is -2.59. The van der Waals surface area contributed by atoms with E-state index in [1.54, 1.807) is 31.4 Å². The normalized spacial score (nSPS) is 25.0. The fourth-order valence-electron chi connectivity index (χ4n) is 7.26. The zero-order valence-corrected chi connectivity index (χ0v) is 27.8. The van der Waals surface area contributed by atoms with Crippen LogP contribution in [-0.4, -0.2) is 56.5 Å². The monoisotopic (exact) mass is 625 g/mol. The molecule has 1 amide bonds. The van der Waals surface area contributed by atoms with Gasteiger partial charge in [-0.25, -0.2) is 4.83 Å². The molecule has 44 heavy (non-hydrogen) atoms.